The molecular weight excluding hydrogens is 166 g/mol. The average molecular weight is 177 g/mol. The van der Waals surface area contributed by atoms with E-state index in [2.05, 4.69) is 15.2 Å². The molecule has 13 heavy (non-hydrogen) atoms. The van der Waals surface area contributed by atoms with Gasteiger partial charge in [0.25, 0.3) is 0 Å². The lowest BCUT2D eigenvalue weighted by molar-refractivity contribution is 0.461. The number of nitrogens with zero attached hydrogens (tertiary/aromatic N) is 2. The molecule has 68 valence electrons. The molecule has 2 aromatic rings. The highest BCUT2D eigenvalue weighted by Gasteiger charge is 2.04. The highest BCUT2D eigenvalue weighted by Crippen LogP contribution is 2.06. The fraction of sp³-hybridized carbons (Fsp3) is 0.333. The van der Waals surface area contributed by atoms with Crippen molar-refractivity contribution in [1.82, 2.24) is 15.2 Å². The van der Waals surface area contributed by atoms with Crippen LogP contribution >= 0.6 is 0 Å². The van der Waals surface area contributed by atoms with Crippen molar-refractivity contribution in [2.24, 2.45) is 0 Å². The Hall–Kier alpha value is -1.58. The Kier molecular flexibility index (Phi) is 2.12. The van der Waals surface area contributed by atoms with Crippen molar-refractivity contribution in [2.75, 3.05) is 0 Å². The van der Waals surface area contributed by atoms with Gasteiger partial charge in [-0.3, -0.25) is 0 Å². The summed E-state index contributed by atoms with van der Waals surface area (Å²) in [5.41, 5.74) is 1.09. The highest BCUT2D eigenvalue weighted by molar-refractivity contribution is 5.08. The molecule has 0 bridgehead atoms. The van der Waals surface area contributed by atoms with Gasteiger partial charge in [0.05, 0.1) is 6.42 Å². The van der Waals surface area contributed by atoms with Gasteiger partial charge in [-0.1, -0.05) is 6.92 Å². The van der Waals surface area contributed by atoms with Crippen LogP contribution < -0.4 is 0 Å². The van der Waals surface area contributed by atoms with Crippen LogP contribution in [0.2, 0.25) is 0 Å². The van der Waals surface area contributed by atoms with Crippen LogP contribution in [0, 0.1) is 0 Å². The van der Waals surface area contributed by atoms with Gasteiger partial charge in [-0.25, -0.2) is 0 Å². The van der Waals surface area contributed by atoms with Crippen LogP contribution in [0.4, 0.5) is 0 Å². The van der Waals surface area contributed by atoms with E-state index in [4.69, 9.17) is 4.42 Å². The molecule has 0 aliphatic rings. The summed E-state index contributed by atoms with van der Waals surface area (Å²) >= 11 is 0. The lowest BCUT2D eigenvalue weighted by Crippen LogP contribution is -1.87. The largest absolute Gasteiger partial charge is 0.425 e. The van der Waals surface area contributed by atoms with Crippen molar-refractivity contribution in [1.29, 1.82) is 0 Å². The quantitative estimate of drug-likeness (QED) is 0.773. The van der Waals surface area contributed by atoms with Gasteiger partial charge in [0.2, 0.25) is 11.8 Å². The van der Waals surface area contributed by atoms with Crippen molar-refractivity contribution in [3.05, 3.63) is 35.8 Å². The SMILES string of the molecule is CCc1nnc(Cc2ccc[nH]2)o1. The number of hydrogen-bond donors (Lipinski definition) is 1. The van der Waals surface area contributed by atoms with Gasteiger partial charge in [-0.2, -0.15) is 0 Å². The Morgan fingerprint density at radius 2 is 2.23 bits per heavy atom. The third-order valence-electron chi connectivity index (χ3n) is 1.82. The summed E-state index contributed by atoms with van der Waals surface area (Å²) in [6, 6.07) is 3.95. The summed E-state index contributed by atoms with van der Waals surface area (Å²) in [6.45, 7) is 1.99. The third kappa shape index (κ3) is 1.77. The number of aryl methyl sites for hydroxylation is 1. The first-order chi connectivity index (χ1) is 6.38. The van der Waals surface area contributed by atoms with E-state index < -0.39 is 0 Å². The summed E-state index contributed by atoms with van der Waals surface area (Å²) in [7, 11) is 0. The molecule has 0 saturated heterocycles. The molecule has 2 rings (SSSR count). The minimum absolute atomic E-state index is 0.666. The number of H-pyrrole nitrogens is 1. The van der Waals surface area contributed by atoms with E-state index in [0.717, 1.165) is 12.1 Å². The predicted octanol–water partition coefficient (Wildman–Crippen LogP) is 1.55. The first-order valence-electron chi connectivity index (χ1n) is 4.32. The van der Waals surface area contributed by atoms with E-state index in [1.807, 2.05) is 25.3 Å². The molecule has 2 aromatic heterocycles. The Morgan fingerprint density at radius 3 is 2.85 bits per heavy atom. The molecule has 0 amide bonds. The van der Waals surface area contributed by atoms with Gasteiger partial charge in [0.15, 0.2) is 0 Å². The first kappa shape index (κ1) is 8.04. The van der Waals surface area contributed by atoms with Crippen LogP contribution in [0.25, 0.3) is 0 Å². The summed E-state index contributed by atoms with van der Waals surface area (Å²) in [6.07, 6.45) is 3.35. The van der Waals surface area contributed by atoms with Gasteiger partial charge < -0.3 is 9.40 Å². The zero-order valence-electron chi connectivity index (χ0n) is 7.45. The monoisotopic (exact) mass is 177 g/mol. The lowest BCUT2D eigenvalue weighted by atomic mass is 10.3. The fourth-order valence-corrected chi connectivity index (χ4v) is 1.14. The topological polar surface area (TPSA) is 54.7 Å². The van der Waals surface area contributed by atoms with Crippen LogP contribution in [-0.4, -0.2) is 15.2 Å². The number of rotatable bonds is 3. The standard InChI is InChI=1S/C9H11N3O/c1-2-8-11-12-9(13-8)6-7-4-3-5-10-7/h3-5,10H,2,6H2,1H3. The molecule has 0 aliphatic heterocycles. The van der Waals surface area contributed by atoms with Crippen molar-refractivity contribution in [2.45, 2.75) is 19.8 Å². The minimum atomic E-state index is 0.666. The van der Waals surface area contributed by atoms with E-state index in [9.17, 15) is 0 Å². The Bertz CT molecular complexity index is 364. The van der Waals surface area contributed by atoms with Crippen LogP contribution in [0.5, 0.6) is 0 Å². The Balaban J connectivity index is 2.10. The van der Waals surface area contributed by atoms with E-state index in [1.165, 1.54) is 0 Å². The smallest absolute Gasteiger partial charge is 0.222 e. The van der Waals surface area contributed by atoms with Gasteiger partial charge in [-0.05, 0) is 12.1 Å². The highest BCUT2D eigenvalue weighted by atomic mass is 16.4. The molecule has 0 fully saturated rings. The van der Waals surface area contributed by atoms with Crippen molar-refractivity contribution in [3.63, 3.8) is 0 Å². The zero-order chi connectivity index (χ0) is 9.10. The molecule has 4 nitrogen and oxygen atoms in total. The predicted molar refractivity (Wildman–Crippen MR) is 47.3 cm³/mol. The average Bonchev–Trinajstić information content (AvgIpc) is 2.76. The number of hydrogen-bond acceptors (Lipinski definition) is 3. The molecule has 2 heterocycles. The number of nitrogens with one attached hydrogen (secondary N) is 1. The second-order valence-electron chi connectivity index (χ2n) is 2.82. The zero-order valence-corrected chi connectivity index (χ0v) is 7.45. The van der Waals surface area contributed by atoms with Crippen LogP contribution in [0.1, 0.15) is 24.4 Å². The van der Waals surface area contributed by atoms with Gasteiger partial charge in [0.1, 0.15) is 0 Å². The molecule has 0 spiro atoms. The Morgan fingerprint density at radius 1 is 1.38 bits per heavy atom. The van der Waals surface area contributed by atoms with Gasteiger partial charge >= 0.3 is 0 Å². The molecule has 0 aromatic carbocycles. The van der Waals surface area contributed by atoms with Gasteiger partial charge in [0, 0.05) is 18.3 Å². The summed E-state index contributed by atoms with van der Waals surface area (Å²) < 4.78 is 5.36. The normalized spacial score (nSPS) is 10.5. The second-order valence-corrected chi connectivity index (χ2v) is 2.82. The number of aromatic nitrogens is 3. The molecule has 0 aliphatic carbocycles. The molecule has 4 heteroatoms. The van der Waals surface area contributed by atoms with E-state index >= 15 is 0 Å². The van der Waals surface area contributed by atoms with Crippen LogP contribution in [0.15, 0.2) is 22.7 Å². The van der Waals surface area contributed by atoms with E-state index in [-0.39, 0.29) is 0 Å². The lowest BCUT2D eigenvalue weighted by Gasteiger charge is -1.89. The summed E-state index contributed by atoms with van der Waals surface area (Å²) in [5, 5.41) is 7.81. The molecule has 0 saturated carbocycles. The Labute approximate surface area is 76.0 Å². The fourth-order valence-electron chi connectivity index (χ4n) is 1.14. The third-order valence-corrected chi connectivity index (χ3v) is 1.82. The first-order valence-corrected chi connectivity index (χ1v) is 4.32. The maximum atomic E-state index is 5.36. The molecule has 0 unspecified atom stereocenters. The number of aromatic amines is 1. The molecule has 1 N–H and O–H groups in total. The van der Waals surface area contributed by atoms with Crippen molar-refractivity contribution >= 4 is 0 Å². The maximum absolute atomic E-state index is 5.36. The maximum Gasteiger partial charge on any atom is 0.222 e. The van der Waals surface area contributed by atoms with Crippen molar-refractivity contribution < 1.29 is 4.42 Å². The van der Waals surface area contributed by atoms with E-state index in [0.29, 0.717) is 18.2 Å². The van der Waals surface area contributed by atoms with E-state index in [1.54, 1.807) is 0 Å². The van der Waals surface area contributed by atoms with Gasteiger partial charge in [-0.15, -0.1) is 10.2 Å². The molecular formula is C9H11N3O. The molecule has 0 atom stereocenters. The molecule has 0 radical (unpaired) electrons. The van der Waals surface area contributed by atoms with Crippen LogP contribution in [0.3, 0.4) is 0 Å². The van der Waals surface area contributed by atoms with Crippen molar-refractivity contribution in [3.8, 4) is 0 Å². The minimum Gasteiger partial charge on any atom is -0.425 e. The summed E-state index contributed by atoms with van der Waals surface area (Å²) in [4.78, 5) is 3.09. The second kappa shape index (κ2) is 3.43. The summed E-state index contributed by atoms with van der Waals surface area (Å²) in [5.74, 6) is 1.36. The van der Waals surface area contributed by atoms with Crippen LogP contribution in [-0.2, 0) is 12.8 Å².